The van der Waals surface area contributed by atoms with Gasteiger partial charge in [0, 0.05) is 18.4 Å². The summed E-state index contributed by atoms with van der Waals surface area (Å²) in [4.78, 5) is 13.8. The molecule has 0 aliphatic carbocycles. The zero-order valence-corrected chi connectivity index (χ0v) is 11.4. The quantitative estimate of drug-likeness (QED) is 0.663. The summed E-state index contributed by atoms with van der Waals surface area (Å²) in [6.45, 7) is 2.59. The van der Waals surface area contributed by atoms with Gasteiger partial charge in [0.25, 0.3) is 5.91 Å². The van der Waals surface area contributed by atoms with Gasteiger partial charge in [0.1, 0.15) is 11.5 Å². The van der Waals surface area contributed by atoms with Crippen molar-refractivity contribution in [2.45, 2.75) is 18.2 Å². The topological polar surface area (TPSA) is 60.8 Å². The van der Waals surface area contributed by atoms with Gasteiger partial charge in [0.05, 0.1) is 5.56 Å². The molecule has 0 aliphatic rings. The molecule has 2 N–H and O–H groups in total. The molecule has 1 rings (SSSR count). The number of carbonyl (C=O) groups is 1. The number of benzene rings is 1. The van der Waals surface area contributed by atoms with Gasteiger partial charge < -0.3 is 15.1 Å². The van der Waals surface area contributed by atoms with Gasteiger partial charge in [0.2, 0.25) is 0 Å². The molecule has 0 spiro atoms. The van der Waals surface area contributed by atoms with E-state index in [1.54, 1.807) is 7.05 Å². The maximum atomic E-state index is 12.0. The second kappa shape index (κ2) is 5.91. The van der Waals surface area contributed by atoms with E-state index < -0.39 is 0 Å². The van der Waals surface area contributed by atoms with Crippen LogP contribution in [-0.2, 0) is 0 Å². The van der Waals surface area contributed by atoms with Crippen LogP contribution in [0.15, 0.2) is 18.2 Å². The lowest BCUT2D eigenvalue weighted by atomic mass is 10.1. The minimum Gasteiger partial charge on any atom is -0.508 e. The fraction of sp³-hybridized carbons (Fsp3) is 0.417. The van der Waals surface area contributed by atoms with Crippen LogP contribution < -0.4 is 0 Å². The number of hydrogen-bond acceptors (Lipinski definition) is 3. The molecule has 1 aromatic rings. The fourth-order valence-corrected chi connectivity index (χ4v) is 1.58. The molecule has 5 heteroatoms. The van der Waals surface area contributed by atoms with Gasteiger partial charge in [-0.25, -0.2) is 0 Å². The molecule has 0 radical (unpaired) electrons. The molecule has 4 nitrogen and oxygen atoms in total. The van der Waals surface area contributed by atoms with Crippen LogP contribution in [0.5, 0.6) is 11.5 Å². The van der Waals surface area contributed by atoms with E-state index in [1.807, 2.05) is 6.92 Å². The predicted octanol–water partition coefficient (Wildman–Crippen LogP) is 2.34. The van der Waals surface area contributed by atoms with Crippen LogP contribution in [0.2, 0.25) is 0 Å². The Kier molecular flexibility index (Phi) is 4.81. The summed E-state index contributed by atoms with van der Waals surface area (Å²) in [6.07, 6.45) is 0.821. The molecule has 0 aliphatic heterocycles. The van der Waals surface area contributed by atoms with E-state index in [0.29, 0.717) is 11.4 Å². The third kappa shape index (κ3) is 3.93. The second-order valence-electron chi connectivity index (χ2n) is 4.00. The summed E-state index contributed by atoms with van der Waals surface area (Å²) in [5.74, 6) is -0.452. The summed E-state index contributed by atoms with van der Waals surface area (Å²) in [5.41, 5.74) is 0.120. The van der Waals surface area contributed by atoms with Crippen molar-refractivity contribution in [1.29, 1.82) is 0 Å². The number of amides is 1. The van der Waals surface area contributed by atoms with E-state index in [4.69, 9.17) is 0 Å². The Hall–Kier alpha value is -1.23. The van der Waals surface area contributed by atoms with Crippen LogP contribution >= 0.6 is 15.9 Å². The Bertz CT molecular complexity index is 407. The molecule has 1 unspecified atom stereocenters. The molecule has 1 atom stereocenters. The third-order valence-corrected chi connectivity index (χ3v) is 2.88. The van der Waals surface area contributed by atoms with Crippen LogP contribution in [0, 0.1) is 0 Å². The lowest BCUT2D eigenvalue weighted by Crippen LogP contribution is -2.28. The number of hydrogen-bond donors (Lipinski definition) is 2. The first-order chi connectivity index (χ1) is 7.91. The monoisotopic (exact) mass is 301 g/mol. The highest BCUT2D eigenvalue weighted by Crippen LogP contribution is 2.23. The molecule has 1 aromatic carbocycles. The number of rotatable bonds is 4. The third-order valence-electron chi connectivity index (χ3n) is 2.42. The summed E-state index contributed by atoms with van der Waals surface area (Å²) in [6, 6.07) is 3.92. The maximum Gasteiger partial charge on any atom is 0.257 e. The van der Waals surface area contributed by atoms with Gasteiger partial charge >= 0.3 is 0 Å². The molecule has 0 aromatic heterocycles. The Morgan fingerprint density at radius 3 is 2.71 bits per heavy atom. The van der Waals surface area contributed by atoms with Gasteiger partial charge in [-0.05, 0) is 24.6 Å². The molecule has 0 fully saturated rings. The maximum absolute atomic E-state index is 12.0. The van der Waals surface area contributed by atoms with Crippen LogP contribution in [0.4, 0.5) is 0 Å². The van der Waals surface area contributed by atoms with Crippen molar-refractivity contribution in [2.75, 3.05) is 13.6 Å². The first kappa shape index (κ1) is 13.8. The highest BCUT2D eigenvalue weighted by atomic mass is 79.9. The molecule has 1 amide bonds. The van der Waals surface area contributed by atoms with Gasteiger partial charge in [-0.2, -0.15) is 0 Å². The van der Waals surface area contributed by atoms with Crippen molar-refractivity contribution >= 4 is 21.8 Å². The van der Waals surface area contributed by atoms with E-state index in [9.17, 15) is 15.0 Å². The molecular weight excluding hydrogens is 286 g/mol. The molecule has 0 saturated heterocycles. The van der Waals surface area contributed by atoms with E-state index in [0.717, 1.165) is 6.42 Å². The molecule has 0 saturated carbocycles. The Labute approximate surface area is 109 Å². The number of phenolic OH excluding ortho intramolecular Hbond substituents is 2. The van der Waals surface area contributed by atoms with Crippen molar-refractivity contribution in [3.8, 4) is 11.5 Å². The van der Waals surface area contributed by atoms with Crippen molar-refractivity contribution in [1.82, 2.24) is 4.90 Å². The van der Waals surface area contributed by atoms with Crippen molar-refractivity contribution in [3.05, 3.63) is 23.8 Å². The zero-order valence-electron chi connectivity index (χ0n) is 9.85. The Morgan fingerprint density at radius 2 is 2.12 bits per heavy atom. The number of halogens is 1. The van der Waals surface area contributed by atoms with Crippen LogP contribution in [0.3, 0.4) is 0 Å². The van der Waals surface area contributed by atoms with Crippen molar-refractivity contribution in [2.24, 2.45) is 0 Å². The minimum atomic E-state index is -0.299. The highest BCUT2D eigenvalue weighted by Gasteiger charge is 2.16. The van der Waals surface area contributed by atoms with Gasteiger partial charge in [-0.1, -0.05) is 22.9 Å². The van der Waals surface area contributed by atoms with Gasteiger partial charge in [0.15, 0.2) is 0 Å². The SMILES string of the molecule is CC(Br)CCN(C)C(=O)c1cc(O)ccc1O. The summed E-state index contributed by atoms with van der Waals surface area (Å²) in [7, 11) is 1.67. The average molecular weight is 302 g/mol. The Balaban J connectivity index is 2.78. The lowest BCUT2D eigenvalue weighted by molar-refractivity contribution is 0.0790. The van der Waals surface area contributed by atoms with E-state index in [2.05, 4.69) is 15.9 Å². The van der Waals surface area contributed by atoms with Gasteiger partial charge in [-0.15, -0.1) is 0 Å². The average Bonchev–Trinajstić information content (AvgIpc) is 2.28. The predicted molar refractivity (Wildman–Crippen MR) is 69.7 cm³/mol. The number of nitrogens with zero attached hydrogens (tertiary/aromatic N) is 1. The zero-order chi connectivity index (χ0) is 13.0. The summed E-state index contributed by atoms with van der Waals surface area (Å²) < 4.78 is 0. The first-order valence-corrected chi connectivity index (χ1v) is 6.25. The number of alkyl halides is 1. The van der Waals surface area contributed by atoms with Crippen molar-refractivity contribution < 1.29 is 15.0 Å². The number of phenols is 2. The molecular formula is C12H16BrNO3. The lowest BCUT2D eigenvalue weighted by Gasteiger charge is -2.18. The van der Waals surface area contributed by atoms with Crippen LogP contribution in [-0.4, -0.2) is 39.4 Å². The van der Waals surface area contributed by atoms with Crippen LogP contribution in [0.1, 0.15) is 23.7 Å². The molecule has 17 heavy (non-hydrogen) atoms. The standard InChI is InChI=1S/C12H16BrNO3/c1-8(13)5-6-14(2)12(17)10-7-9(15)3-4-11(10)16/h3-4,7-8,15-16H,5-6H2,1-2H3. The second-order valence-corrected chi connectivity index (χ2v) is 5.56. The summed E-state index contributed by atoms with van der Waals surface area (Å²) >= 11 is 3.41. The van der Waals surface area contributed by atoms with E-state index >= 15 is 0 Å². The smallest absolute Gasteiger partial charge is 0.257 e. The largest absolute Gasteiger partial charge is 0.508 e. The van der Waals surface area contributed by atoms with Gasteiger partial charge in [-0.3, -0.25) is 4.79 Å². The minimum absolute atomic E-state index is 0.0339. The number of carbonyl (C=O) groups excluding carboxylic acids is 1. The summed E-state index contributed by atoms with van der Waals surface area (Å²) in [5, 5.41) is 18.9. The van der Waals surface area contributed by atoms with E-state index in [1.165, 1.54) is 23.1 Å². The first-order valence-electron chi connectivity index (χ1n) is 5.33. The molecule has 0 bridgehead atoms. The fourth-order valence-electron chi connectivity index (χ4n) is 1.37. The van der Waals surface area contributed by atoms with E-state index in [-0.39, 0.29) is 23.0 Å². The molecule has 0 heterocycles. The van der Waals surface area contributed by atoms with Crippen LogP contribution in [0.25, 0.3) is 0 Å². The Morgan fingerprint density at radius 1 is 1.47 bits per heavy atom. The van der Waals surface area contributed by atoms with Crippen molar-refractivity contribution in [3.63, 3.8) is 0 Å². The highest BCUT2D eigenvalue weighted by molar-refractivity contribution is 9.09. The normalized spacial score (nSPS) is 12.2. The molecule has 94 valence electrons. The number of aromatic hydroxyl groups is 2.